The molecular weight excluding hydrogens is 284 g/mol. The lowest BCUT2D eigenvalue weighted by Crippen LogP contribution is -2.40. The van der Waals surface area contributed by atoms with Gasteiger partial charge in [-0.05, 0) is 63.2 Å². The molecule has 1 N–H and O–H groups in total. The minimum absolute atomic E-state index is 0.226. The van der Waals surface area contributed by atoms with Crippen molar-refractivity contribution in [1.82, 2.24) is 9.62 Å². The summed E-state index contributed by atoms with van der Waals surface area (Å²) in [7, 11) is -3.35. The van der Waals surface area contributed by atoms with E-state index in [9.17, 15) is 8.42 Å². The normalized spacial score (nSPS) is 20.9. The molecule has 3 rings (SSSR count). The summed E-state index contributed by atoms with van der Waals surface area (Å²) in [4.78, 5) is 0.478. The van der Waals surface area contributed by atoms with Crippen molar-refractivity contribution in [3.05, 3.63) is 29.8 Å². The fourth-order valence-corrected chi connectivity index (χ4v) is 5.09. The van der Waals surface area contributed by atoms with Crippen LogP contribution < -0.4 is 5.32 Å². The van der Waals surface area contributed by atoms with Gasteiger partial charge >= 0.3 is 0 Å². The molecule has 0 spiro atoms. The molecule has 1 saturated heterocycles. The first-order valence-corrected chi connectivity index (χ1v) is 9.31. The first kappa shape index (κ1) is 15.0. The number of piperidine rings is 1. The molecule has 1 aromatic rings. The Morgan fingerprint density at radius 3 is 2.43 bits per heavy atom. The molecule has 0 amide bonds. The van der Waals surface area contributed by atoms with E-state index in [1.54, 1.807) is 10.4 Å². The van der Waals surface area contributed by atoms with Gasteiger partial charge in [0.25, 0.3) is 0 Å². The molecule has 1 aliphatic heterocycles. The summed E-state index contributed by atoms with van der Waals surface area (Å²) in [5.41, 5.74) is 0.841. The van der Waals surface area contributed by atoms with Crippen LogP contribution in [0.4, 0.5) is 0 Å². The van der Waals surface area contributed by atoms with Crippen molar-refractivity contribution >= 4 is 10.0 Å². The molecule has 0 aromatic heterocycles. The van der Waals surface area contributed by atoms with E-state index >= 15 is 0 Å². The number of sulfonamides is 1. The molecule has 1 saturated carbocycles. The highest BCUT2D eigenvalue weighted by molar-refractivity contribution is 7.89. The predicted octanol–water partition coefficient (Wildman–Crippen LogP) is 2.15. The number of aryl methyl sites for hydroxylation is 1. The summed E-state index contributed by atoms with van der Waals surface area (Å²) in [6.07, 6.45) is 4.17. The third kappa shape index (κ3) is 3.30. The first-order chi connectivity index (χ1) is 10.1. The number of nitrogens with zero attached hydrogens (tertiary/aromatic N) is 1. The number of rotatable bonds is 5. The number of nitrogens with one attached hydrogen (secondary N) is 1. The lowest BCUT2D eigenvalue weighted by atomic mass is 9.98. The van der Waals surface area contributed by atoms with Crippen LogP contribution in [0.1, 0.15) is 31.2 Å². The van der Waals surface area contributed by atoms with E-state index in [4.69, 9.17) is 0 Å². The van der Waals surface area contributed by atoms with Gasteiger partial charge in [0, 0.05) is 12.6 Å². The van der Waals surface area contributed by atoms with Crippen molar-refractivity contribution in [3.63, 3.8) is 0 Å². The van der Waals surface area contributed by atoms with Crippen LogP contribution in [0, 0.1) is 12.8 Å². The summed E-state index contributed by atoms with van der Waals surface area (Å²) in [6.45, 7) is 4.58. The fourth-order valence-electron chi connectivity index (χ4n) is 3.10. The predicted molar refractivity (Wildman–Crippen MR) is 83.7 cm³/mol. The van der Waals surface area contributed by atoms with Gasteiger partial charge in [-0.15, -0.1) is 0 Å². The molecule has 21 heavy (non-hydrogen) atoms. The molecule has 0 unspecified atom stereocenters. The van der Waals surface area contributed by atoms with E-state index < -0.39 is 10.0 Å². The van der Waals surface area contributed by atoms with Gasteiger partial charge in [-0.3, -0.25) is 0 Å². The monoisotopic (exact) mass is 308 g/mol. The standard InChI is InChI=1S/C16H24N2O2S/c1-13-4-2-3-5-16(13)21(19,20)18(15-6-7-15)12-14-8-10-17-11-9-14/h2-5,14-15,17H,6-12H2,1H3. The van der Waals surface area contributed by atoms with Gasteiger partial charge in [0.2, 0.25) is 10.0 Å². The fraction of sp³-hybridized carbons (Fsp3) is 0.625. The maximum absolute atomic E-state index is 13.0. The maximum atomic E-state index is 13.0. The van der Waals surface area contributed by atoms with Gasteiger partial charge in [-0.1, -0.05) is 18.2 Å². The zero-order valence-corrected chi connectivity index (χ0v) is 13.4. The minimum atomic E-state index is -3.35. The van der Waals surface area contributed by atoms with Crippen LogP contribution in [0.15, 0.2) is 29.2 Å². The molecular formula is C16H24N2O2S. The van der Waals surface area contributed by atoms with Crippen LogP contribution in [-0.4, -0.2) is 38.4 Å². The Balaban J connectivity index is 1.84. The molecule has 0 radical (unpaired) electrons. The van der Waals surface area contributed by atoms with E-state index in [0.717, 1.165) is 44.3 Å². The van der Waals surface area contributed by atoms with Crippen LogP contribution in [0.2, 0.25) is 0 Å². The Hall–Kier alpha value is -0.910. The van der Waals surface area contributed by atoms with E-state index in [2.05, 4.69) is 5.32 Å². The second kappa shape index (κ2) is 6.07. The molecule has 0 bridgehead atoms. The summed E-state index contributed by atoms with van der Waals surface area (Å²) < 4.78 is 27.8. The zero-order valence-electron chi connectivity index (χ0n) is 12.6. The quantitative estimate of drug-likeness (QED) is 0.907. The Morgan fingerprint density at radius 2 is 1.81 bits per heavy atom. The van der Waals surface area contributed by atoms with Crippen molar-refractivity contribution in [2.75, 3.05) is 19.6 Å². The van der Waals surface area contributed by atoms with Crippen LogP contribution in [-0.2, 0) is 10.0 Å². The lowest BCUT2D eigenvalue weighted by molar-refractivity contribution is 0.283. The minimum Gasteiger partial charge on any atom is -0.317 e. The van der Waals surface area contributed by atoms with E-state index in [-0.39, 0.29) is 6.04 Å². The molecule has 1 aliphatic carbocycles. The van der Waals surface area contributed by atoms with E-state index in [1.165, 1.54) is 0 Å². The summed E-state index contributed by atoms with van der Waals surface area (Å²) in [5.74, 6) is 0.491. The summed E-state index contributed by atoms with van der Waals surface area (Å²) in [6, 6.07) is 7.55. The Bertz CT molecular complexity index is 590. The van der Waals surface area contributed by atoms with Gasteiger partial charge in [-0.2, -0.15) is 4.31 Å². The highest BCUT2D eigenvalue weighted by Crippen LogP contribution is 2.34. The third-order valence-electron chi connectivity index (χ3n) is 4.53. The highest BCUT2D eigenvalue weighted by Gasteiger charge is 2.39. The van der Waals surface area contributed by atoms with Crippen molar-refractivity contribution in [2.45, 2.75) is 43.5 Å². The van der Waals surface area contributed by atoms with Crippen molar-refractivity contribution < 1.29 is 8.42 Å². The molecule has 4 nitrogen and oxygen atoms in total. The number of benzene rings is 1. The topological polar surface area (TPSA) is 49.4 Å². The van der Waals surface area contributed by atoms with E-state index in [0.29, 0.717) is 17.4 Å². The average molecular weight is 308 g/mol. The van der Waals surface area contributed by atoms with Gasteiger partial charge < -0.3 is 5.32 Å². The molecule has 5 heteroatoms. The molecule has 2 aliphatic rings. The Kier molecular flexibility index (Phi) is 4.33. The smallest absolute Gasteiger partial charge is 0.243 e. The second-order valence-electron chi connectivity index (χ2n) is 6.26. The zero-order chi connectivity index (χ0) is 14.9. The highest BCUT2D eigenvalue weighted by atomic mass is 32.2. The molecule has 1 aromatic carbocycles. The van der Waals surface area contributed by atoms with Gasteiger partial charge in [-0.25, -0.2) is 8.42 Å². The summed E-state index contributed by atoms with van der Waals surface area (Å²) in [5, 5.41) is 3.34. The largest absolute Gasteiger partial charge is 0.317 e. The van der Waals surface area contributed by atoms with E-state index in [1.807, 2.05) is 25.1 Å². The van der Waals surface area contributed by atoms with Gasteiger partial charge in [0.1, 0.15) is 0 Å². The van der Waals surface area contributed by atoms with Crippen LogP contribution in [0.25, 0.3) is 0 Å². The number of hydrogen-bond donors (Lipinski definition) is 1. The third-order valence-corrected chi connectivity index (χ3v) is 6.61. The van der Waals surface area contributed by atoms with Crippen LogP contribution >= 0.6 is 0 Å². The van der Waals surface area contributed by atoms with Gasteiger partial charge in [0.05, 0.1) is 4.90 Å². The van der Waals surface area contributed by atoms with Crippen molar-refractivity contribution in [1.29, 1.82) is 0 Å². The molecule has 116 valence electrons. The molecule has 2 fully saturated rings. The van der Waals surface area contributed by atoms with Crippen molar-refractivity contribution in [2.24, 2.45) is 5.92 Å². The summed E-state index contributed by atoms with van der Waals surface area (Å²) >= 11 is 0. The average Bonchev–Trinajstić information content (AvgIpc) is 3.30. The second-order valence-corrected chi connectivity index (χ2v) is 8.12. The molecule has 0 atom stereocenters. The van der Waals surface area contributed by atoms with Crippen molar-refractivity contribution in [3.8, 4) is 0 Å². The lowest BCUT2D eigenvalue weighted by Gasteiger charge is -2.30. The molecule has 1 heterocycles. The maximum Gasteiger partial charge on any atom is 0.243 e. The van der Waals surface area contributed by atoms with Crippen LogP contribution in [0.3, 0.4) is 0 Å². The SMILES string of the molecule is Cc1ccccc1S(=O)(=O)N(CC1CCNCC1)C1CC1. The van der Waals surface area contributed by atoms with Gasteiger partial charge in [0.15, 0.2) is 0 Å². The number of hydrogen-bond acceptors (Lipinski definition) is 3. The Labute approximate surface area is 127 Å². The van der Waals surface area contributed by atoms with Crippen LogP contribution in [0.5, 0.6) is 0 Å². The Morgan fingerprint density at radius 1 is 1.14 bits per heavy atom. The first-order valence-electron chi connectivity index (χ1n) is 7.87.